The summed E-state index contributed by atoms with van der Waals surface area (Å²) in [6.07, 6.45) is 4.78. The molecule has 1 N–H and O–H groups in total. The molecule has 2 heterocycles. The lowest BCUT2D eigenvalue weighted by atomic mass is 10.00. The summed E-state index contributed by atoms with van der Waals surface area (Å²) in [5.41, 5.74) is 2.81. The van der Waals surface area contributed by atoms with Crippen LogP contribution in [0.3, 0.4) is 0 Å². The third kappa shape index (κ3) is 4.35. The maximum atomic E-state index is 4.82. The van der Waals surface area contributed by atoms with Crippen molar-refractivity contribution in [2.75, 3.05) is 45.8 Å². The highest BCUT2D eigenvalue weighted by atomic mass is 15.3. The molecule has 0 aliphatic carbocycles. The molecular weight excluding hydrogens is 284 g/mol. The minimum absolute atomic E-state index is 0.897. The van der Waals surface area contributed by atoms with Crippen molar-refractivity contribution >= 4 is 11.5 Å². The number of aliphatic imine (C=N–C) groups is 1. The third-order valence-corrected chi connectivity index (χ3v) is 4.61. The molecule has 124 valence electrons. The van der Waals surface area contributed by atoms with Crippen LogP contribution in [0.4, 0.5) is 0 Å². The van der Waals surface area contributed by atoms with Crippen LogP contribution in [0.15, 0.2) is 41.4 Å². The molecule has 0 bridgehead atoms. The Balaban J connectivity index is 1.58. The molecule has 1 aromatic rings. The van der Waals surface area contributed by atoms with Gasteiger partial charge in [0.25, 0.3) is 0 Å². The molecule has 0 atom stereocenters. The minimum Gasteiger partial charge on any atom is -0.357 e. The van der Waals surface area contributed by atoms with Crippen LogP contribution >= 0.6 is 0 Å². The van der Waals surface area contributed by atoms with E-state index >= 15 is 0 Å². The molecule has 0 aromatic heterocycles. The molecule has 0 spiro atoms. The zero-order valence-corrected chi connectivity index (χ0v) is 14.2. The van der Waals surface area contributed by atoms with Crippen LogP contribution in [0.25, 0.3) is 5.57 Å². The lowest BCUT2D eigenvalue weighted by Crippen LogP contribution is -2.44. The van der Waals surface area contributed by atoms with Gasteiger partial charge in [0.15, 0.2) is 5.96 Å². The van der Waals surface area contributed by atoms with E-state index in [1.165, 1.54) is 30.6 Å². The smallest absolute Gasteiger partial charge is 0.194 e. The Labute approximate surface area is 139 Å². The van der Waals surface area contributed by atoms with E-state index in [9.17, 15) is 0 Å². The van der Waals surface area contributed by atoms with Crippen molar-refractivity contribution < 1.29 is 0 Å². The number of hydrogen-bond acceptors (Lipinski definition) is 2. The molecule has 0 saturated carbocycles. The molecule has 1 aromatic carbocycles. The van der Waals surface area contributed by atoms with Gasteiger partial charge in [-0.05, 0) is 44.0 Å². The van der Waals surface area contributed by atoms with Crippen LogP contribution in [0.2, 0.25) is 0 Å². The van der Waals surface area contributed by atoms with E-state index in [0.717, 1.165) is 45.1 Å². The fourth-order valence-electron chi connectivity index (χ4n) is 3.10. The zero-order valence-electron chi connectivity index (χ0n) is 14.2. The van der Waals surface area contributed by atoms with Crippen LogP contribution in [-0.4, -0.2) is 61.6 Å². The summed E-state index contributed by atoms with van der Waals surface area (Å²) in [7, 11) is 0. The van der Waals surface area contributed by atoms with Crippen molar-refractivity contribution in [1.29, 1.82) is 0 Å². The predicted molar refractivity (Wildman–Crippen MR) is 97.6 cm³/mol. The van der Waals surface area contributed by atoms with Crippen molar-refractivity contribution in [3.8, 4) is 0 Å². The quantitative estimate of drug-likeness (QED) is 0.669. The number of rotatable bonds is 5. The molecule has 0 amide bonds. The monoisotopic (exact) mass is 312 g/mol. The van der Waals surface area contributed by atoms with Crippen LogP contribution in [-0.2, 0) is 0 Å². The van der Waals surface area contributed by atoms with Crippen molar-refractivity contribution in [3.63, 3.8) is 0 Å². The largest absolute Gasteiger partial charge is 0.357 e. The fraction of sp³-hybridized carbons (Fsp3) is 0.526. The number of benzene rings is 1. The summed E-state index contributed by atoms with van der Waals surface area (Å²) < 4.78 is 0. The second-order valence-corrected chi connectivity index (χ2v) is 6.22. The molecule has 1 fully saturated rings. The van der Waals surface area contributed by atoms with Gasteiger partial charge in [0.2, 0.25) is 0 Å². The first-order valence-electron chi connectivity index (χ1n) is 8.87. The predicted octanol–water partition coefficient (Wildman–Crippen LogP) is 2.45. The standard InChI is InChI=1S/C19H28N4/c1-2-20-19(21-11-16-22-12-6-13-22)23-14-9-18(10-15-23)17-7-4-3-5-8-17/h3-5,7-9H,2,6,10-16H2,1H3,(H,20,21). The number of hydrogen-bond donors (Lipinski definition) is 1. The Bertz CT molecular complexity index is 546. The van der Waals surface area contributed by atoms with E-state index in [4.69, 9.17) is 4.99 Å². The summed E-state index contributed by atoms with van der Waals surface area (Å²) in [5.74, 6) is 1.07. The second kappa shape index (κ2) is 8.16. The molecule has 4 heteroatoms. The van der Waals surface area contributed by atoms with Gasteiger partial charge in [-0.3, -0.25) is 4.99 Å². The van der Waals surface area contributed by atoms with Crippen molar-refractivity contribution in [2.24, 2.45) is 4.99 Å². The summed E-state index contributed by atoms with van der Waals surface area (Å²) >= 11 is 0. The zero-order chi connectivity index (χ0) is 15.9. The normalized spacial score (nSPS) is 19.3. The van der Waals surface area contributed by atoms with Crippen LogP contribution < -0.4 is 5.32 Å². The van der Waals surface area contributed by atoms with Gasteiger partial charge in [0, 0.05) is 26.2 Å². The summed E-state index contributed by atoms with van der Waals surface area (Å²) in [6, 6.07) is 10.7. The SMILES string of the molecule is CCNC(=NCCN1CCC1)N1CC=C(c2ccccc2)CC1. The van der Waals surface area contributed by atoms with E-state index in [2.05, 4.69) is 58.4 Å². The van der Waals surface area contributed by atoms with Crippen LogP contribution in [0.5, 0.6) is 0 Å². The first-order chi connectivity index (χ1) is 11.4. The van der Waals surface area contributed by atoms with Gasteiger partial charge in [-0.25, -0.2) is 0 Å². The van der Waals surface area contributed by atoms with Gasteiger partial charge in [0.1, 0.15) is 0 Å². The summed E-state index contributed by atoms with van der Waals surface area (Å²) in [6.45, 7) is 9.53. The van der Waals surface area contributed by atoms with Crippen molar-refractivity contribution in [3.05, 3.63) is 42.0 Å². The fourth-order valence-corrected chi connectivity index (χ4v) is 3.10. The molecule has 0 radical (unpaired) electrons. The van der Waals surface area contributed by atoms with Crippen molar-refractivity contribution in [1.82, 2.24) is 15.1 Å². The van der Waals surface area contributed by atoms with E-state index < -0.39 is 0 Å². The summed E-state index contributed by atoms with van der Waals surface area (Å²) in [4.78, 5) is 9.65. The number of likely N-dealkylation sites (tertiary alicyclic amines) is 1. The number of nitrogens with one attached hydrogen (secondary N) is 1. The minimum atomic E-state index is 0.897. The highest BCUT2D eigenvalue weighted by Crippen LogP contribution is 2.21. The Morgan fingerprint density at radius 3 is 2.61 bits per heavy atom. The molecule has 1 saturated heterocycles. The Kier molecular flexibility index (Phi) is 5.70. The van der Waals surface area contributed by atoms with Gasteiger partial charge in [-0.1, -0.05) is 36.4 Å². The number of guanidine groups is 1. The molecule has 3 rings (SSSR count). The van der Waals surface area contributed by atoms with Gasteiger partial charge >= 0.3 is 0 Å². The van der Waals surface area contributed by atoms with Crippen LogP contribution in [0, 0.1) is 0 Å². The van der Waals surface area contributed by atoms with Gasteiger partial charge in [0.05, 0.1) is 6.54 Å². The number of nitrogens with zero attached hydrogens (tertiary/aromatic N) is 3. The topological polar surface area (TPSA) is 30.9 Å². The van der Waals surface area contributed by atoms with Gasteiger partial charge in [-0.2, -0.15) is 0 Å². The maximum absolute atomic E-state index is 4.82. The molecule has 2 aliphatic rings. The Morgan fingerprint density at radius 2 is 2.00 bits per heavy atom. The molecule has 2 aliphatic heterocycles. The lowest BCUT2D eigenvalue weighted by Gasteiger charge is -2.31. The summed E-state index contributed by atoms with van der Waals surface area (Å²) in [5, 5.41) is 3.44. The molecule has 0 unspecified atom stereocenters. The van der Waals surface area contributed by atoms with Crippen LogP contribution in [0.1, 0.15) is 25.3 Å². The maximum Gasteiger partial charge on any atom is 0.194 e. The first kappa shape index (κ1) is 16.1. The molecule has 23 heavy (non-hydrogen) atoms. The van der Waals surface area contributed by atoms with Crippen molar-refractivity contribution in [2.45, 2.75) is 19.8 Å². The Morgan fingerprint density at radius 1 is 1.17 bits per heavy atom. The average Bonchev–Trinajstić information content (AvgIpc) is 2.57. The third-order valence-electron chi connectivity index (χ3n) is 4.61. The molecule has 4 nitrogen and oxygen atoms in total. The second-order valence-electron chi connectivity index (χ2n) is 6.22. The highest BCUT2D eigenvalue weighted by Gasteiger charge is 2.17. The average molecular weight is 312 g/mol. The van der Waals surface area contributed by atoms with Gasteiger partial charge in [-0.15, -0.1) is 0 Å². The lowest BCUT2D eigenvalue weighted by molar-refractivity contribution is 0.187. The van der Waals surface area contributed by atoms with E-state index in [1.54, 1.807) is 0 Å². The first-order valence-corrected chi connectivity index (χ1v) is 8.87. The molecular formula is C19H28N4. The van der Waals surface area contributed by atoms with Gasteiger partial charge < -0.3 is 15.1 Å². The highest BCUT2D eigenvalue weighted by molar-refractivity contribution is 5.81. The van der Waals surface area contributed by atoms with E-state index in [-0.39, 0.29) is 0 Å². The van der Waals surface area contributed by atoms with E-state index in [1.807, 2.05) is 0 Å². The van der Waals surface area contributed by atoms with E-state index in [0.29, 0.717) is 0 Å². The Hall–Kier alpha value is -1.81.